The van der Waals surface area contributed by atoms with E-state index in [1.54, 1.807) is 0 Å². The maximum absolute atomic E-state index is 10.7. The van der Waals surface area contributed by atoms with Gasteiger partial charge >= 0.3 is 6.00 Å². The third-order valence-corrected chi connectivity index (χ3v) is 3.13. The number of carbonyl (C=O) groups is 1. The van der Waals surface area contributed by atoms with E-state index < -0.39 is 11.4 Å². The van der Waals surface area contributed by atoms with Gasteiger partial charge in [-0.15, -0.1) is 33.2 Å². The Labute approximate surface area is 68.7 Å². The normalized spacial score (nSPS) is 11.1. The van der Waals surface area contributed by atoms with Crippen molar-refractivity contribution in [1.82, 2.24) is 0 Å². The van der Waals surface area contributed by atoms with E-state index in [4.69, 9.17) is 33.2 Å². The molecule has 0 spiro atoms. The first-order valence-electron chi connectivity index (χ1n) is 2.12. The first-order chi connectivity index (χ1) is 3.85. The molecule has 0 aliphatic heterocycles. The van der Waals surface area contributed by atoms with Crippen LogP contribution in [0.3, 0.4) is 0 Å². The molecule has 0 aromatic rings. The summed E-state index contributed by atoms with van der Waals surface area (Å²) >= 11 is 16.0. The fourth-order valence-electron chi connectivity index (χ4n) is 0.242. The fourth-order valence-corrected chi connectivity index (χ4v) is 2.18. The summed E-state index contributed by atoms with van der Waals surface area (Å²) in [7, 11) is 0. The summed E-state index contributed by atoms with van der Waals surface area (Å²) < 4.78 is 0. The van der Waals surface area contributed by atoms with Gasteiger partial charge in [0.25, 0.3) is 0 Å². The summed E-state index contributed by atoms with van der Waals surface area (Å²) in [5.74, 6) is 0. The van der Waals surface area contributed by atoms with Crippen LogP contribution in [-0.2, 0) is 4.79 Å². The van der Waals surface area contributed by atoms with E-state index in [-0.39, 0.29) is 0 Å². The molecule has 9 heavy (non-hydrogen) atoms. The van der Waals surface area contributed by atoms with Crippen LogP contribution >= 0.6 is 33.2 Å². The van der Waals surface area contributed by atoms with Crippen LogP contribution in [0, 0.1) is 0 Å². The van der Waals surface area contributed by atoms with Crippen LogP contribution < -0.4 is 0 Å². The van der Waals surface area contributed by atoms with Crippen molar-refractivity contribution in [2.75, 3.05) is 0 Å². The second kappa shape index (κ2) is 3.06. The highest BCUT2D eigenvalue weighted by molar-refractivity contribution is 7.75. The molecular formula is C4H5Cl3OSi. The average molecular weight is 204 g/mol. The summed E-state index contributed by atoms with van der Waals surface area (Å²) in [5, 5.41) is -0.424. The molecule has 0 aromatic carbocycles. The molecule has 0 heterocycles. The molecule has 0 saturated heterocycles. The molecule has 0 bridgehead atoms. The Morgan fingerprint density at radius 2 is 1.78 bits per heavy atom. The maximum atomic E-state index is 10.7. The summed E-state index contributed by atoms with van der Waals surface area (Å²) in [5.41, 5.74) is 0.307. The standard InChI is InChI=1S/C4H5Cl3OSi/c1-3(2)4(8)9(5,6)7/h1H2,2H3. The summed E-state index contributed by atoms with van der Waals surface area (Å²) in [6.45, 7) is 4.88. The van der Waals surface area contributed by atoms with Crippen LogP contribution in [0.1, 0.15) is 6.92 Å². The van der Waals surface area contributed by atoms with Gasteiger partial charge < -0.3 is 0 Å². The third kappa shape index (κ3) is 3.25. The van der Waals surface area contributed by atoms with Crippen molar-refractivity contribution in [3.05, 3.63) is 12.2 Å². The van der Waals surface area contributed by atoms with E-state index in [0.29, 0.717) is 5.57 Å². The summed E-state index contributed by atoms with van der Waals surface area (Å²) in [6, 6.07) is -3.15. The van der Waals surface area contributed by atoms with E-state index in [2.05, 4.69) is 6.58 Å². The van der Waals surface area contributed by atoms with Gasteiger partial charge in [0.05, 0.1) is 0 Å². The van der Waals surface area contributed by atoms with Crippen LogP contribution in [0.5, 0.6) is 0 Å². The topological polar surface area (TPSA) is 17.1 Å². The zero-order chi connectivity index (χ0) is 7.65. The molecule has 0 atom stereocenters. The van der Waals surface area contributed by atoms with Gasteiger partial charge in [0.15, 0.2) is 5.41 Å². The largest absolute Gasteiger partial charge is 0.415 e. The Balaban J connectivity index is 4.23. The Hall–Kier alpha value is 0.497. The van der Waals surface area contributed by atoms with E-state index in [9.17, 15) is 4.79 Å². The lowest BCUT2D eigenvalue weighted by atomic mass is 10.4. The number of hydrogen-bond acceptors (Lipinski definition) is 1. The molecule has 0 rings (SSSR count). The molecule has 0 amide bonds. The number of rotatable bonds is 2. The van der Waals surface area contributed by atoms with Gasteiger partial charge in [0.2, 0.25) is 0 Å². The molecule has 1 nitrogen and oxygen atoms in total. The molecule has 0 aromatic heterocycles. The molecule has 0 saturated carbocycles. The Kier molecular flexibility index (Phi) is 3.23. The fraction of sp³-hybridized carbons (Fsp3) is 0.250. The number of carbonyl (C=O) groups excluding carboxylic acids is 1. The highest BCUT2D eigenvalue weighted by Gasteiger charge is 2.35. The Morgan fingerprint density at radius 1 is 1.44 bits per heavy atom. The predicted molar refractivity (Wildman–Crippen MR) is 43.1 cm³/mol. The SMILES string of the molecule is C=C(C)C(=O)[Si](Cl)(Cl)Cl. The van der Waals surface area contributed by atoms with Crippen LogP contribution in [0.2, 0.25) is 0 Å². The van der Waals surface area contributed by atoms with E-state index in [0.717, 1.165) is 0 Å². The smallest absolute Gasteiger partial charge is 0.295 e. The van der Waals surface area contributed by atoms with E-state index in [1.807, 2.05) is 0 Å². The predicted octanol–water partition coefficient (Wildman–Crippen LogP) is 2.33. The highest BCUT2D eigenvalue weighted by atomic mass is 35.8. The van der Waals surface area contributed by atoms with Gasteiger partial charge in [-0.1, -0.05) is 6.58 Å². The molecule has 0 fully saturated rings. The molecule has 0 unspecified atom stereocenters. The molecule has 5 heteroatoms. The summed E-state index contributed by atoms with van der Waals surface area (Å²) in [6.07, 6.45) is 0. The van der Waals surface area contributed by atoms with Crippen molar-refractivity contribution in [3.8, 4) is 0 Å². The van der Waals surface area contributed by atoms with E-state index >= 15 is 0 Å². The van der Waals surface area contributed by atoms with Gasteiger partial charge in [0, 0.05) is 0 Å². The monoisotopic (exact) mass is 202 g/mol. The second-order valence-electron chi connectivity index (χ2n) is 1.61. The van der Waals surface area contributed by atoms with E-state index in [1.165, 1.54) is 6.92 Å². The molecule has 0 aliphatic carbocycles. The summed E-state index contributed by atoms with van der Waals surface area (Å²) in [4.78, 5) is 10.7. The second-order valence-corrected chi connectivity index (χ2v) is 9.90. The van der Waals surface area contributed by atoms with Crippen molar-refractivity contribution in [1.29, 1.82) is 0 Å². The molecule has 52 valence electrons. The van der Waals surface area contributed by atoms with Crippen LogP contribution in [-0.4, -0.2) is 11.4 Å². The number of halogens is 3. The van der Waals surface area contributed by atoms with Crippen molar-refractivity contribution in [2.24, 2.45) is 0 Å². The van der Waals surface area contributed by atoms with Crippen LogP contribution in [0.15, 0.2) is 12.2 Å². The lowest BCUT2D eigenvalue weighted by Gasteiger charge is -2.03. The van der Waals surface area contributed by atoms with Crippen LogP contribution in [0.25, 0.3) is 0 Å². The first-order valence-corrected chi connectivity index (χ1v) is 7.16. The maximum Gasteiger partial charge on any atom is 0.415 e. The van der Waals surface area contributed by atoms with Gasteiger partial charge in [-0.05, 0) is 12.5 Å². The minimum atomic E-state index is -3.15. The average Bonchev–Trinajstić information content (AvgIpc) is 1.62. The first kappa shape index (κ1) is 9.50. The van der Waals surface area contributed by atoms with Crippen molar-refractivity contribution in [2.45, 2.75) is 6.92 Å². The quantitative estimate of drug-likeness (QED) is 0.382. The Morgan fingerprint density at radius 3 is 1.78 bits per heavy atom. The number of allylic oxidation sites excluding steroid dienone is 1. The lowest BCUT2D eigenvalue weighted by molar-refractivity contribution is -0.108. The van der Waals surface area contributed by atoms with Crippen molar-refractivity contribution >= 4 is 44.6 Å². The zero-order valence-electron chi connectivity index (χ0n) is 4.75. The highest BCUT2D eigenvalue weighted by Crippen LogP contribution is 2.23. The molecule has 0 radical (unpaired) electrons. The van der Waals surface area contributed by atoms with Crippen molar-refractivity contribution in [3.63, 3.8) is 0 Å². The third-order valence-electron chi connectivity index (χ3n) is 0.645. The van der Waals surface area contributed by atoms with Gasteiger partial charge in [-0.2, -0.15) is 0 Å². The van der Waals surface area contributed by atoms with Crippen LogP contribution in [0.4, 0.5) is 0 Å². The minimum absolute atomic E-state index is 0.307. The van der Waals surface area contributed by atoms with Gasteiger partial charge in [-0.3, -0.25) is 4.79 Å². The Bertz CT molecular complexity index is 148. The lowest BCUT2D eigenvalue weighted by Crippen LogP contribution is -2.25. The zero-order valence-corrected chi connectivity index (χ0v) is 8.02. The molecular weight excluding hydrogens is 198 g/mol. The molecule has 0 aliphatic rings. The van der Waals surface area contributed by atoms with Gasteiger partial charge in [0.1, 0.15) is 0 Å². The van der Waals surface area contributed by atoms with Gasteiger partial charge in [-0.25, -0.2) is 0 Å². The van der Waals surface area contributed by atoms with Crippen molar-refractivity contribution < 1.29 is 4.79 Å². The molecule has 0 N–H and O–H groups in total. The minimum Gasteiger partial charge on any atom is -0.295 e. The number of hydrogen-bond donors (Lipinski definition) is 0.